The zero-order chi connectivity index (χ0) is 8.97. The average Bonchev–Trinajstić information content (AvgIpc) is 2.04. The molecule has 3 nitrogen and oxygen atoms in total. The Morgan fingerprint density at radius 1 is 1.50 bits per heavy atom. The van der Waals surface area contributed by atoms with Crippen molar-refractivity contribution in [2.45, 2.75) is 5.88 Å². The van der Waals surface area contributed by atoms with Gasteiger partial charge in [0, 0.05) is 11.6 Å². The van der Waals surface area contributed by atoms with E-state index < -0.39 is 6.09 Å². The van der Waals surface area contributed by atoms with E-state index in [9.17, 15) is 4.79 Å². The number of amides is 1. The molecule has 0 aliphatic rings. The Bertz CT molecular complexity index is 288. The fourth-order valence-corrected chi connectivity index (χ4v) is 1.11. The molecule has 1 rings (SSSR count). The Morgan fingerprint density at radius 2 is 2.17 bits per heavy atom. The molecule has 12 heavy (non-hydrogen) atoms. The van der Waals surface area contributed by atoms with Gasteiger partial charge in [-0.25, -0.2) is 4.79 Å². The molecule has 0 aliphatic carbocycles. The van der Waals surface area contributed by atoms with E-state index in [2.05, 4.69) is 5.32 Å². The second-order valence-corrected chi connectivity index (χ2v) is 2.49. The third-order valence-electron chi connectivity index (χ3n) is 1.40. The van der Waals surface area contributed by atoms with E-state index in [-0.39, 0.29) is 0 Å². The van der Waals surface area contributed by atoms with Gasteiger partial charge in [0.25, 0.3) is 0 Å². The van der Waals surface area contributed by atoms with Gasteiger partial charge in [0.15, 0.2) is 0 Å². The normalized spacial score (nSPS) is 9.42. The number of anilines is 1. The van der Waals surface area contributed by atoms with Crippen molar-refractivity contribution >= 4 is 23.4 Å². The van der Waals surface area contributed by atoms with Gasteiger partial charge in [0.1, 0.15) is 0 Å². The highest BCUT2D eigenvalue weighted by Crippen LogP contribution is 2.16. The summed E-state index contributed by atoms with van der Waals surface area (Å²) in [6.07, 6.45) is -1.08. The number of hydrogen-bond acceptors (Lipinski definition) is 1. The molecule has 0 saturated carbocycles. The fourth-order valence-electron chi connectivity index (χ4n) is 0.874. The van der Waals surface area contributed by atoms with E-state index in [1.807, 2.05) is 6.07 Å². The highest BCUT2D eigenvalue weighted by Gasteiger charge is 2.01. The zero-order valence-electron chi connectivity index (χ0n) is 6.25. The lowest BCUT2D eigenvalue weighted by Crippen LogP contribution is -2.08. The fraction of sp³-hybridized carbons (Fsp3) is 0.125. The van der Waals surface area contributed by atoms with Crippen molar-refractivity contribution in [3.63, 3.8) is 0 Å². The molecule has 1 aromatic carbocycles. The quantitative estimate of drug-likeness (QED) is 0.696. The van der Waals surface area contributed by atoms with Gasteiger partial charge in [-0.3, -0.25) is 5.32 Å². The topological polar surface area (TPSA) is 49.3 Å². The van der Waals surface area contributed by atoms with E-state index in [0.29, 0.717) is 11.6 Å². The molecule has 4 heteroatoms. The molecule has 0 heterocycles. The number of hydrogen-bond donors (Lipinski definition) is 2. The molecule has 1 amide bonds. The maximum absolute atomic E-state index is 10.3. The van der Waals surface area contributed by atoms with Crippen LogP contribution in [0.4, 0.5) is 10.5 Å². The van der Waals surface area contributed by atoms with Gasteiger partial charge in [-0.2, -0.15) is 0 Å². The van der Waals surface area contributed by atoms with E-state index >= 15 is 0 Å². The first-order valence-corrected chi connectivity index (χ1v) is 3.91. The highest BCUT2D eigenvalue weighted by atomic mass is 35.5. The van der Waals surface area contributed by atoms with Crippen LogP contribution >= 0.6 is 11.6 Å². The Labute approximate surface area is 75.0 Å². The van der Waals surface area contributed by atoms with Crippen LogP contribution in [0.3, 0.4) is 0 Å². The van der Waals surface area contributed by atoms with Gasteiger partial charge in [-0.15, -0.1) is 11.6 Å². The Balaban J connectivity index is 2.89. The summed E-state index contributed by atoms with van der Waals surface area (Å²) < 4.78 is 0. The van der Waals surface area contributed by atoms with Crippen LogP contribution in [0.5, 0.6) is 0 Å². The summed E-state index contributed by atoms with van der Waals surface area (Å²) in [6.45, 7) is 0. The highest BCUT2D eigenvalue weighted by molar-refractivity contribution is 6.17. The molecule has 64 valence electrons. The van der Waals surface area contributed by atoms with Crippen molar-refractivity contribution in [2.24, 2.45) is 0 Å². The number of carboxylic acid groups (broad SMARTS) is 1. The molecule has 0 aliphatic heterocycles. The smallest absolute Gasteiger partial charge is 0.409 e. The monoisotopic (exact) mass is 185 g/mol. The van der Waals surface area contributed by atoms with Crippen molar-refractivity contribution in [1.82, 2.24) is 0 Å². The average molecular weight is 186 g/mol. The van der Waals surface area contributed by atoms with Crippen molar-refractivity contribution in [3.8, 4) is 0 Å². The van der Waals surface area contributed by atoms with Crippen LogP contribution in [-0.4, -0.2) is 11.2 Å². The molecule has 0 bridgehead atoms. The minimum absolute atomic E-state index is 0.302. The van der Waals surface area contributed by atoms with Gasteiger partial charge in [-0.05, 0) is 11.6 Å². The lowest BCUT2D eigenvalue weighted by Gasteiger charge is -2.04. The molecule has 0 fully saturated rings. The van der Waals surface area contributed by atoms with Crippen molar-refractivity contribution < 1.29 is 9.90 Å². The molecule has 1 aromatic rings. The summed E-state index contributed by atoms with van der Waals surface area (Å²) in [7, 11) is 0. The largest absolute Gasteiger partial charge is 0.465 e. The zero-order valence-corrected chi connectivity index (χ0v) is 7.01. The lowest BCUT2D eigenvalue weighted by molar-refractivity contribution is 0.209. The molecule has 0 atom stereocenters. The van der Waals surface area contributed by atoms with Gasteiger partial charge in [0.05, 0.1) is 0 Å². The lowest BCUT2D eigenvalue weighted by atomic mass is 10.2. The van der Waals surface area contributed by atoms with Crippen molar-refractivity contribution in [3.05, 3.63) is 29.8 Å². The second kappa shape index (κ2) is 3.97. The SMILES string of the molecule is O=C(O)Nc1ccccc1CCl. The van der Waals surface area contributed by atoms with Crippen LogP contribution in [0.15, 0.2) is 24.3 Å². The number of carbonyl (C=O) groups is 1. The van der Waals surface area contributed by atoms with Crippen molar-refractivity contribution in [1.29, 1.82) is 0 Å². The molecule has 0 aromatic heterocycles. The van der Waals surface area contributed by atoms with Gasteiger partial charge >= 0.3 is 6.09 Å². The van der Waals surface area contributed by atoms with Crippen LogP contribution in [0.25, 0.3) is 0 Å². The summed E-state index contributed by atoms with van der Waals surface area (Å²) >= 11 is 5.58. The third kappa shape index (κ3) is 2.13. The maximum atomic E-state index is 10.3. The predicted molar refractivity (Wildman–Crippen MR) is 47.6 cm³/mol. The summed E-state index contributed by atoms with van der Waals surface area (Å²) in [6, 6.07) is 7.01. The van der Waals surface area contributed by atoms with Gasteiger partial charge in [0.2, 0.25) is 0 Å². The number of para-hydroxylation sites is 1. The molecule has 0 spiro atoms. The molecule has 0 radical (unpaired) electrons. The number of halogens is 1. The van der Waals surface area contributed by atoms with Crippen LogP contribution in [-0.2, 0) is 5.88 Å². The summed E-state index contributed by atoms with van der Waals surface area (Å²) in [5.74, 6) is 0.302. The standard InChI is InChI=1S/C8H8ClNO2/c9-5-6-3-1-2-4-7(6)10-8(11)12/h1-4,10H,5H2,(H,11,12). The van der Waals surface area contributed by atoms with E-state index in [1.54, 1.807) is 18.2 Å². The Hall–Kier alpha value is -1.22. The first-order chi connectivity index (χ1) is 5.74. The number of alkyl halides is 1. The van der Waals surface area contributed by atoms with E-state index in [0.717, 1.165) is 5.56 Å². The van der Waals surface area contributed by atoms with E-state index in [1.165, 1.54) is 0 Å². The summed E-state index contributed by atoms with van der Waals surface area (Å²) in [4.78, 5) is 10.3. The Morgan fingerprint density at radius 3 is 2.75 bits per heavy atom. The predicted octanol–water partition coefficient (Wildman–Crippen LogP) is 2.52. The minimum Gasteiger partial charge on any atom is -0.465 e. The number of rotatable bonds is 2. The molecular formula is C8H8ClNO2. The summed E-state index contributed by atoms with van der Waals surface area (Å²) in [5.41, 5.74) is 1.32. The first-order valence-electron chi connectivity index (χ1n) is 3.38. The molecular weight excluding hydrogens is 178 g/mol. The molecule has 0 saturated heterocycles. The van der Waals surface area contributed by atoms with Crippen LogP contribution in [0, 0.1) is 0 Å². The maximum Gasteiger partial charge on any atom is 0.409 e. The van der Waals surface area contributed by atoms with Gasteiger partial charge < -0.3 is 5.11 Å². The minimum atomic E-state index is -1.08. The summed E-state index contributed by atoms with van der Waals surface area (Å²) in [5, 5.41) is 10.7. The van der Waals surface area contributed by atoms with Gasteiger partial charge in [-0.1, -0.05) is 18.2 Å². The number of nitrogens with one attached hydrogen (secondary N) is 1. The first kappa shape index (κ1) is 8.87. The third-order valence-corrected chi connectivity index (χ3v) is 1.69. The van der Waals surface area contributed by atoms with Crippen LogP contribution in [0.1, 0.15) is 5.56 Å². The van der Waals surface area contributed by atoms with Crippen molar-refractivity contribution in [2.75, 3.05) is 5.32 Å². The van der Waals surface area contributed by atoms with Crippen LogP contribution < -0.4 is 5.32 Å². The molecule has 2 N–H and O–H groups in total. The molecule has 0 unspecified atom stereocenters. The second-order valence-electron chi connectivity index (χ2n) is 2.22. The Kier molecular flexibility index (Phi) is 2.94. The number of benzene rings is 1. The van der Waals surface area contributed by atoms with Crippen LogP contribution in [0.2, 0.25) is 0 Å². The van der Waals surface area contributed by atoms with E-state index in [4.69, 9.17) is 16.7 Å².